The van der Waals surface area contributed by atoms with Gasteiger partial charge in [0.2, 0.25) is 10.6 Å². The lowest BCUT2D eigenvalue weighted by molar-refractivity contribution is -0.140. The molecule has 0 aliphatic carbocycles. The first kappa shape index (κ1) is 14.1. The summed E-state index contributed by atoms with van der Waals surface area (Å²) in [5.74, 6) is -1.68. The molecule has 1 unspecified atom stereocenters. The minimum absolute atomic E-state index is 0.0346. The minimum Gasteiger partial charge on any atom is -0.480 e. The van der Waals surface area contributed by atoms with Crippen LogP contribution in [0.15, 0.2) is 0 Å². The second kappa shape index (κ2) is 6.52. The molecule has 4 N–H and O–H groups in total. The van der Waals surface area contributed by atoms with E-state index in [1.165, 1.54) is 6.92 Å². The fourth-order valence-corrected chi connectivity index (χ4v) is 1.06. The maximum Gasteiger partial charge on any atom is 0.320 e. The van der Waals surface area contributed by atoms with Crippen molar-refractivity contribution in [3.8, 4) is 0 Å². The largest absolute Gasteiger partial charge is 0.480 e. The third-order valence-corrected chi connectivity index (χ3v) is 2.46. The third-order valence-electron chi connectivity index (χ3n) is 1.77. The third kappa shape index (κ3) is 6.19. The van der Waals surface area contributed by atoms with Gasteiger partial charge in [-0.3, -0.25) is 19.7 Å². The van der Waals surface area contributed by atoms with E-state index in [0.29, 0.717) is 0 Å². The summed E-state index contributed by atoms with van der Waals surface area (Å²) >= 11 is 2.71. The molecule has 0 aliphatic heterocycles. The number of halogens is 1. The van der Waals surface area contributed by atoms with Crippen LogP contribution in [0.5, 0.6) is 0 Å². The molecule has 0 aromatic heterocycles. The Bertz CT molecular complexity index is 269. The van der Waals surface area contributed by atoms with E-state index < -0.39 is 24.0 Å². The van der Waals surface area contributed by atoms with Crippen molar-refractivity contribution in [1.82, 2.24) is 5.32 Å². The predicted molar refractivity (Wildman–Crippen MR) is 56.4 cm³/mol. The van der Waals surface area contributed by atoms with Crippen LogP contribution in [-0.2, 0) is 14.4 Å². The van der Waals surface area contributed by atoms with E-state index in [-0.39, 0.29) is 17.5 Å². The first-order valence-corrected chi connectivity index (χ1v) is 5.10. The standard InChI is InChI=1S/C8H13BrN2O4/c1-4(7(9)13)11-5(8(14)15)2-3-6(10)12/h4-5,11H,2-3H2,1H3,(H2,10,12)(H,14,15)/t4?,5-/m0/s1. The number of carbonyl (C=O) groups is 3. The highest BCUT2D eigenvalue weighted by molar-refractivity contribution is 9.18. The first-order chi connectivity index (χ1) is 6.84. The summed E-state index contributed by atoms with van der Waals surface area (Å²) in [5.41, 5.74) is 4.90. The smallest absolute Gasteiger partial charge is 0.320 e. The molecule has 0 rings (SSSR count). The molecule has 1 amide bonds. The first-order valence-electron chi connectivity index (χ1n) is 4.31. The van der Waals surface area contributed by atoms with Gasteiger partial charge in [0.15, 0.2) is 0 Å². The summed E-state index contributed by atoms with van der Waals surface area (Å²) < 4.78 is -0.340. The number of hydrogen-bond acceptors (Lipinski definition) is 4. The van der Waals surface area contributed by atoms with Crippen molar-refractivity contribution in [3.05, 3.63) is 0 Å². The van der Waals surface area contributed by atoms with Gasteiger partial charge in [-0.05, 0) is 29.3 Å². The molecule has 0 aromatic carbocycles. The van der Waals surface area contributed by atoms with Crippen molar-refractivity contribution in [3.63, 3.8) is 0 Å². The normalized spacial score (nSPS) is 14.3. The van der Waals surface area contributed by atoms with Gasteiger partial charge in [0.1, 0.15) is 6.04 Å². The van der Waals surface area contributed by atoms with Crippen molar-refractivity contribution >= 4 is 32.5 Å². The Morgan fingerprint density at radius 3 is 2.33 bits per heavy atom. The summed E-state index contributed by atoms with van der Waals surface area (Å²) in [7, 11) is 0. The molecule has 0 heterocycles. The molecule has 6 nitrogen and oxygen atoms in total. The molecule has 0 radical (unpaired) electrons. The molecule has 7 heteroatoms. The molecule has 0 bridgehead atoms. The van der Waals surface area contributed by atoms with Gasteiger partial charge in [-0.2, -0.15) is 0 Å². The van der Waals surface area contributed by atoms with Gasteiger partial charge in [0.05, 0.1) is 6.04 Å². The summed E-state index contributed by atoms with van der Waals surface area (Å²) in [6.07, 6.45) is 0.0302. The van der Waals surface area contributed by atoms with Crippen LogP contribution in [0.1, 0.15) is 19.8 Å². The number of nitrogens with one attached hydrogen (secondary N) is 1. The number of carbonyl (C=O) groups excluding carboxylic acids is 2. The van der Waals surface area contributed by atoms with Gasteiger partial charge in [-0.15, -0.1) is 0 Å². The Kier molecular flexibility index (Phi) is 6.11. The quantitative estimate of drug-likeness (QED) is 0.550. The second-order valence-corrected chi connectivity index (χ2v) is 3.87. The topological polar surface area (TPSA) is 109 Å². The van der Waals surface area contributed by atoms with Gasteiger partial charge in [-0.1, -0.05) is 0 Å². The van der Waals surface area contributed by atoms with Crippen molar-refractivity contribution in [2.45, 2.75) is 31.8 Å². The Morgan fingerprint density at radius 1 is 1.47 bits per heavy atom. The van der Waals surface area contributed by atoms with Crippen molar-refractivity contribution in [1.29, 1.82) is 0 Å². The summed E-state index contributed by atoms with van der Waals surface area (Å²) in [4.78, 5) is 32.0. The Labute approximate surface area is 95.3 Å². The predicted octanol–water partition coefficient (Wildman–Crippen LogP) is -0.395. The number of carboxylic acid groups (broad SMARTS) is 1. The second-order valence-electron chi connectivity index (χ2n) is 3.09. The van der Waals surface area contributed by atoms with Crippen LogP contribution in [0.4, 0.5) is 0 Å². The maximum absolute atomic E-state index is 10.8. The van der Waals surface area contributed by atoms with Crippen molar-refractivity contribution < 1.29 is 19.5 Å². The maximum atomic E-state index is 10.8. The van der Waals surface area contributed by atoms with Gasteiger partial charge >= 0.3 is 5.97 Å². The van der Waals surface area contributed by atoms with Crippen LogP contribution in [0.2, 0.25) is 0 Å². The highest BCUT2D eigenvalue weighted by Crippen LogP contribution is 2.01. The fourth-order valence-electron chi connectivity index (χ4n) is 0.932. The number of hydrogen-bond donors (Lipinski definition) is 3. The Hall–Kier alpha value is -0.950. The zero-order chi connectivity index (χ0) is 12.0. The molecule has 0 aliphatic rings. The van der Waals surface area contributed by atoms with E-state index in [0.717, 1.165) is 0 Å². The van der Waals surface area contributed by atoms with Crippen LogP contribution < -0.4 is 11.1 Å². The highest BCUT2D eigenvalue weighted by atomic mass is 79.9. The number of nitrogens with two attached hydrogens (primary N) is 1. The lowest BCUT2D eigenvalue weighted by Crippen LogP contribution is -2.44. The summed E-state index contributed by atoms with van der Waals surface area (Å²) in [5, 5.41) is 11.3. The molecule has 0 spiro atoms. The number of aliphatic carboxylic acids is 1. The van der Waals surface area contributed by atoms with Gasteiger partial charge in [0, 0.05) is 6.42 Å². The Morgan fingerprint density at radius 2 is 2.00 bits per heavy atom. The van der Waals surface area contributed by atoms with Gasteiger partial charge in [0.25, 0.3) is 0 Å². The zero-order valence-corrected chi connectivity index (χ0v) is 9.78. The van der Waals surface area contributed by atoms with Crippen LogP contribution in [-0.4, -0.2) is 33.8 Å². The number of primary amides is 1. The molecule has 0 aromatic rings. The number of carboxylic acids is 1. The van der Waals surface area contributed by atoms with E-state index in [2.05, 4.69) is 21.2 Å². The Balaban J connectivity index is 4.22. The van der Waals surface area contributed by atoms with E-state index in [1.54, 1.807) is 0 Å². The van der Waals surface area contributed by atoms with Crippen LogP contribution in [0.25, 0.3) is 0 Å². The molecule has 0 saturated carbocycles. The van der Waals surface area contributed by atoms with E-state index in [9.17, 15) is 14.4 Å². The van der Waals surface area contributed by atoms with Crippen LogP contribution in [0.3, 0.4) is 0 Å². The summed E-state index contributed by atoms with van der Waals surface area (Å²) in [6.45, 7) is 1.53. The molecular formula is C8H13BrN2O4. The molecule has 0 saturated heterocycles. The lowest BCUT2D eigenvalue weighted by Gasteiger charge is -2.16. The van der Waals surface area contributed by atoms with E-state index >= 15 is 0 Å². The monoisotopic (exact) mass is 280 g/mol. The molecular weight excluding hydrogens is 268 g/mol. The highest BCUT2D eigenvalue weighted by Gasteiger charge is 2.22. The number of amides is 1. The van der Waals surface area contributed by atoms with Gasteiger partial charge < -0.3 is 10.8 Å². The summed E-state index contributed by atoms with van der Waals surface area (Å²) in [6, 6.07) is -1.58. The van der Waals surface area contributed by atoms with Gasteiger partial charge in [-0.25, -0.2) is 0 Å². The minimum atomic E-state index is -1.11. The van der Waals surface area contributed by atoms with Crippen molar-refractivity contribution in [2.24, 2.45) is 5.73 Å². The molecule has 2 atom stereocenters. The average Bonchev–Trinajstić information content (AvgIpc) is 2.10. The molecule has 0 fully saturated rings. The van der Waals surface area contributed by atoms with Crippen LogP contribution >= 0.6 is 15.9 Å². The molecule has 15 heavy (non-hydrogen) atoms. The lowest BCUT2D eigenvalue weighted by atomic mass is 10.1. The average molecular weight is 281 g/mol. The molecule has 86 valence electrons. The van der Waals surface area contributed by atoms with E-state index in [1.807, 2.05) is 0 Å². The van der Waals surface area contributed by atoms with E-state index in [4.69, 9.17) is 10.8 Å². The van der Waals surface area contributed by atoms with Crippen molar-refractivity contribution in [2.75, 3.05) is 0 Å². The fraction of sp³-hybridized carbons (Fsp3) is 0.625. The van der Waals surface area contributed by atoms with Crippen LogP contribution in [0, 0.1) is 0 Å². The number of rotatable bonds is 7. The zero-order valence-electron chi connectivity index (χ0n) is 8.20. The SMILES string of the molecule is CC(N[C@@H](CCC(N)=O)C(=O)O)C(=O)Br.